The first kappa shape index (κ1) is 16.6. The molecule has 0 fully saturated rings. The molecule has 0 spiro atoms. The zero-order valence-electron chi connectivity index (χ0n) is 13.7. The summed E-state index contributed by atoms with van der Waals surface area (Å²) < 4.78 is 0. The molecule has 0 unspecified atom stereocenters. The fourth-order valence-electron chi connectivity index (χ4n) is 2.16. The van der Waals surface area contributed by atoms with E-state index < -0.39 is 0 Å². The van der Waals surface area contributed by atoms with Gasteiger partial charge < -0.3 is 9.80 Å². The molecule has 0 saturated heterocycles. The molecule has 118 valence electrons. The Bertz CT molecular complexity index is 622. The van der Waals surface area contributed by atoms with Gasteiger partial charge in [0.25, 0.3) is 0 Å². The summed E-state index contributed by atoms with van der Waals surface area (Å²) in [5.74, 6) is 0.141. The van der Waals surface area contributed by atoms with Gasteiger partial charge in [0.2, 0.25) is 5.91 Å². The molecule has 4 nitrogen and oxygen atoms in total. The lowest BCUT2D eigenvalue weighted by Crippen LogP contribution is -2.34. The molecule has 0 bridgehead atoms. The third-order valence-electron chi connectivity index (χ3n) is 3.47. The van der Waals surface area contributed by atoms with Crippen LogP contribution in [0.1, 0.15) is 9.88 Å². The van der Waals surface area contributed by atoms with Crippen molar-refractivity contribution in [2.45, 2.75) is 13.3 Å². The Hall–Kier alpha value is -1.72. The van der Waals surface area contributed by atoms with Crippen molar-refractivity contribution in [3.8, 4) is 11.3 Å². The van der Waals surface area contributed by atoms with E-state index >= 15 is 0 Å². The van der Waals surface area contributed by atoms with E-state index in [-0.39, 0.29) is 5.91 Å². The number of aryl methyl sites for hydroxylation is 1. The molecule has 1 heterocycles. The minimum Gasteiger partial charge on any atom is -0.344 e. The summed E-state index contributed by atoms with van der Waals surface area (Å²) in [5, 5.41) is 0.998. The molecule has 0 N–H and O–H groups in total. The number of amides is 1. The highest BCUT2D eigenvalue weighted by Crippen LogP contribution is 2.28. The first-order valence-electron chi connectivity index (χ1n) is 7.38. The first-order valence-corrected chi connectivity index (χ1v) is 8.19. The second-order valence-corrected chi connectivity index (χ2v) is 6.95. The normalized spacial score (nSPS) is 11.0. The number of carbonyl (C=O) groups is 1. The molecule has 2 aromatic rings. The number of benzene rings is 1. The predicted molar refractivity (Wildman–Crippen MR) is 92.2 cm³/mol. The third-order valence-corrected chi connectivity index (χ3v) is 4.44. The molecule has 5 heteroatoms. The number of aromatic nitrogens is 1. The second kappa shape index (κ2) is 7.51. The third kappa shape index (κ3) is 4.39. The van der Waals surface area contributed by atoms with Crippen LogP contribution in [0.25, 0.3) is 11.3 Å². The molecule has 0 radical (unpaired) electrons. The Morgan fingerprint density at radius 1 is 1.14 bits per heavy atom. The average molecular weight is 317 g/mol. The largest absolute Gasteiger partial charge is 0.344 e. The minimum atomic E-state index is 0.141. The van der Waals surface area contributed by atoms with Gasteiger partial charge in [-0.25, -0.2) is 4.98 Å². The summed E-state index contributed by atoms with van der Waals surface area (Å²) in [6, 6.07) is 10.1. The van der Waals surface area contributed by atoms with Gasteiger partial charge in [0.15, 0.2) is 0 Å². The fourth-order valence-corrected chi connectivity index (χ4v) is 3.11. The van der Waals surface area contributed by atoms with Crippen LogP contribution in [-0.4, -0.2) is 54.9 Å². The molecule has 0 saturated carbocycles. The van der Waals surface area contributed by atoms with E-state index in [1.807, 2.05) is 58.4 Å². The van der Waals surface area contributed by atoms with Crippen molar-refractivity contribution in [3.63, 3.8) is 0 Å². The highest BCUT2D eigenvalue weighted by atomic mass is 32.1. The SMILES string of the molecule is Cc1nc(-c2ccccc2)c(CC(=O)N(C)CCN(C)C)s1. The maximum Gasteiger partial charge on any atom is 0.227 e. The van der Waals surface area contributed by atoms with Crippen LogP contribution in [0.4, 0.5) is 0 Å². The predicted octanol–water partition coefficient (Wildman–Crippen LogP) is 2.68. The molecule has 1 amide bonds. The minimum absolute atomic E-state index is 0.141. The Kier molecular flexibility index (Phi) is 5.69. The van der Waals surface area contributed by atoms with Gasteiger partial charge in [0.1, 0.15) is 0 Å². The van der Waals surface area contributed by atoms with Crippen LogP contribution in [0.5, 0.6) is 0 Å². The molecule has 0 atom stereocenters. The molecule has 2 rings (SSSR count). The number of carbonyl (C=O) groups excluding carboxylic acids is 1. The van der Waals surface area contributed by atoms with E-state index in [1.165, 1.54) is 0 Å². The van der Waals surface area contributed by atoms with Gasteiger partial charge in [0, 0.05) is 30.6 Å². The lowest BCUT2D eigenvalue weighted by Gasteiger charge is -2.19. The summed E-state index contributed by atoms with van der Waals surface area (Å²) in [6.07, 6.45) is 0.416. The Morgan fingerprint density at radius 2 is 1.82 bits per heavy atom. The quantitative estimate of drug-likeness (QED) is 0.822. The summed E-state index contributed by atoms with van der Waals surface area (Å²) in [4.78, 5) is 21.9. The van der Waals surface area contributed by atoms with Crippen molar-refractivity contribution in [3.05, 3.63) is 40.2 Å². The van der Waals surface area contributed by atoms with Crippen molar-refractivity contribution in [1.82, 2.24) is 14.8 Å². The lowest BCUT2D eigenvalue weighted by molar-refractivity contribution is -0.129. The van der Waals surface area contributed by atoms with Crippen molar-refractivity contribution in [2.24, 2.45) is 0 Å². The summed E-state index contributed by atoms with van der Waals surface area (Å²) in [6.45, 7) is 3.60. The van der Waals surface area contributed by atoms with Gasteiger partial charge >= 0.3 is 0 Å². The number of nitrogens with zero attached hydrogens (tertiary/aromatic N) is 3. The van der Waals surface area contributed by atoms with E-state index in [0.717, 1.165) is 34.2 Å². The lowest BCUT2D eigenvalue weighted by atomic mass is 10.1. The summed E-state index contributed by atoms with van der Waals surface area (Å²) in [5.41, 5.74) is 2.02. The van der Waals surface area contributed by atoms with Crippen LogP contribution in [0.15, 0.2) is 30.3 Å². The van der Waals surface area contributed by atoms with Gasteiger partial charge in [0.05, 0.1) is 17.1 Å². The standard InChI is InChI=1S/C17H23N3OS/c1-13-18-17(14-8-6-5-7-9-14)15(22-13)12-16(21)20(4)11-10-19(2)3/h5-9H,10-12H2,1-4H3. The summed E-state index contributed by atoms with van der Waals surface area (Å²) >= 11 is 1.61. The Labute approximate surface area is 136 Å². The maximum absolute atomic E-state index is 12.4. The summed E-state index contributed by atoms with van der Waals surface area (Å²) in [7, 11) is 5.89. The zero-order chi connectivity index (χ0) is 16.1. The van der Waals surface area contributed by atoms with Crippen molar-refractivity contribution in [1.29, 1.82) is 0 Å². The van der Waals surface area contributed by atoms with Gasteiger partial charge in [-0.1, -0.05) is 30.3 Å². The van der Waals surface area contributed by atoms with Crippen LogP contribution in [0.2, 0.25) is 0 Å². The molecule has 1 aromatic heterocycles. The van der Waals surface area contributed by atoms with Crippen LogP contribution >= 0.6 is 11.3 Å². The van der Waals surface area contributed by atoms with Crippen LogP contribution in [0, 0.1) is 6.92 Å². The maximum atomic E-state index is 12.4. The van der Waals surface area contributed by atoms with Gasteiger partial charge in [-0.2, -0.15) is 0 Å². The van der Waals surface area contributed by atoms with E-state index in [9.17, 15) is 4.79 Å². The molecule has 0 aliphatic heterocycles. The van der Waals surface area contributed by atoms with Crippen molar-refractivity contribution in [2.75, 3.05) is 34.2 Å². The molecular formula is C17H23N3OS. The first-order chi connectivity index (χ1) is 10.5. The number of thiazole rings is 1. The van der Waals surface area contributed by atoms with E-state index in [0.29, 0.717) is 6.42 Å². The average Bonchev–Trinajstić information content (AvgIpc) is 2.86. The van der Waals surface area contributed by atoms with E-state index in [1.54, 1.807) is 16.2 Å². The number of hydrogen-bond acceptors (Lipinski definition) is 4. The van der Waals surface area contributed by atoms with Gasteiger partial charge in [-0.15, -0.1) is 11.3 Å². The van der Waals surface area contributed by atoms with Gasteiger partial charge in [-0.3, -0.25) is 4.79 Å². The molecule has 22 heavy (non-hydrogen) atoms. The van der Waals surface area contributed by atoms with Crippen molar-refractivity contribution >= 4 is 17.2 Å². The van der Waals surface area contributed by atoms with Crippen molar-refractivity contribution < 1.29 is 4.79 Å². The molecular weight excluding hydrogens is 294 g/mol. The molecule has 1 aromatic carbocycles. The highest BCUT2D eigenvalue weighted by Gasteiger charge is 2.17. The monoisotopic (exact) mass is 317 g/mol. The number of rotatable bonds is 6. The Morgan fingerprint density at radius 3 is 2.45 bits per heavy atom. The number of hydrogen-bond donors (Lipinski definition) is 0. The van der Waals surface area contributed by atoms with Crippen LogP contribution in [0.3, 0.4) is 0 Å². The van der Waals surface area contributed by atoms with Crippen LogP contribution < -0.4 is 0 Å². The zero-order valence-corrected chi connectivity index (χ0v) is 14.5. The smallest absolute Gasteiger partial charge is 0.227 e. The van der Waals surface area contributed by atoms with Crippen LogP contribution in [-0.2, 0) is 11.2 Å². The Balaban J connectivity index is 2.11. The van der Waals surface area contributed by atoms with E-state index in [2.05, 4.69) is 9.88 Å². The van der Waals surface area contributed by atoms with E-state index in [4.69, 9.17) is 0 Å². The highest BCUT2D eigenvalue weighted by molar-refractivity contribution is 7.12. The number of likely N-dealkylation sites (N-methyl/N-ethyl adjacent to an activating group) is 2. The molecule has 0 aliphatic rings. The van der Waals surface area contributed by atoms with Gasteiger partial charge in [-0.05, 0) is 21.0 Å². The second-order valence-electron chi connectivity index (χ2n) is 5.67. The fraction of sp³-hybridized carbons (Fsp3) is 0.412. The molecule has 0 aliphatic carbocycles. The topological polar surface area (TPSA) is 36.4 Å².